The van der Waals surface area contributed by atoms with Crippen LogP contribution in [0.2, 0.25) is 0 Å². The van der Waals surface area contributed by atoms with E-state index >= 15 is 0 Å². The van der Waals surface area contributed by atoms with Crippen molar-refractivity contribution in [2.24, 2.45) is 0 Å². The molecule has 3 aromatic rings. The Bertz CT molecular complexity index is 1060. The van der Waals surface area contributed by atoms with Crippen LogP contribution < -0.4 is 4.90 Å². The molecule has 1 saturated carbocycles. The molecule has 1 aliphatic heterocycles. The van der Waals surface area contributed by atoms with E-state index < -0.39 is 0 Å². The number of carbonyl (C=O) groups is 1. The standard InChI is InChI=1S/C22H21N3O2S/c1-13(2)25-17-11-10-15(20-23-21(27-24-20)14-6-5-7-14)12-19(17)28-18-9-4-3-8-16(18)22(25)26/h3-4,8-14H,5-7H2,1-2H3. The molecule has 1 amide bonds. The summed E-state index contributed by atoms with van der Waals surface area (Å²) in [5, 5.41) is 4.20. The predicted molar refractivity (Wildman–Crippen MR) is 109 cm³/mol. The molecular weight excluding hydrogens is 370 g/mol. The molecule has 0 atom stereocenters. The highest BCUT2D eigenvalue weighted by molar-refractivity contribution is 7.99. The number of carbonyl (C=O) groups excluding carboxylic acids is 1. The van der Waals surface area contributed by atoms with Crippen LogP contribution in [0.5, 0.6) is 0 Å². The van der Waals surface area contributed by atoms with Gasteiger partial charge in [0, 0.05) is 27.3 Å². The lowest BCUT2D eigenvalue weighted by atomic mass is 9.85. The van der Waals surface area contributed by atoms with Gasteiger partial charge in [-0.15, -0.1) is 0 Å². The number of hydrogen-bond acceptors (Lipinski definition) is 5. The summed E-state index contributed by atoms with van der Waals surface area (Å²) in [6.45, 7) is 4.08. The second-order valence-electron chi connectivity index (χ2n) is 7.63. The molecule has 0 spiro atoms. The normalized spacial score (nSPS) is 16.5. The number of rotatable bonds is 3. The average Bonchev–Trinajstić information content (AvgIpc) is 3.06. The predicted octanol–water partition coefficient (Wildman–Crippen LogP) is 5.52. The second kappa shape index (κ2) is 6.78. The lowest BCUT2D eigenvalue weighted by Gasteiger charge is -2.27. The Hall–Kier alpha value is -2.60. The Balaban J connectivity index is 1.59. The van der Waals surface area contributed by atoms with Gasteiger partial charge in [0.2, 0.25) is 11.7 Å². The van der Waals surface area contributed by atoms with Gasteiger partial charge in [-0.05, 0) is 57.0 Å². The van der Waals surface area contributed by atoms with Gasteiger partial charge in [-0.3, -0.25) is 4.79 Å². The average molecular weight is 391 g/mol. The van der Waals surface area contributed by atoms with E-state index in [9.17, 15) is 4.79 Å². The molecular formula is C22H21N3O2S. The van der Waals surface area contributed by atoms with E-state index in [-0.39, 0.29) is 11.9 Å². The number of anilines is 1. The monoisotopic (exact) mass is 391 g/mol. The Kier molecular flexibility index (Phi) is 4.23. The zero-order valence-electron chi connectivity index (χ0n) is 15.9. The van der Waals surface area contributed by atoms with E-state index in [1.807, 2.05) is 55.1 Å². The van der Waals surface area contributed by atoms with Crippen molar-refractivity contribution in [2.45, 2.75) is 54.9 Å². The molecule has 0 saturated heterocycles. The number of amides is 1. The van der Waals surface area contributed by atoms with Crippen molar-refractivity contribution < 1.29 is 9.32 Å². The highest BCUT2D eigenvalue weighted by atomic mass is 32.2. The number of hydrogen-bond donors (Lipinski definition) is 0. The first-order valence-electron chi connectivity index (χ1n) is 9.70. The summed E-state index contributed by atoms with van der Waals surface area (Å²) in [6, 6.07) is 13.9. The molecule has 2 heterocycles. The minimum atomic E-state index is 0.0384. The fourth-order valence-corrected chi connectivity index (χ4v) is 4.82. The summed E-state index contributed by atoms with van der Waals surface area (Å²) in [5.74, 6) is 1.81. The van der Waals surface area contributed by atoms with E-state index in [4.69, 9.17) is 4.52 Å². The second-order valence-corrected chi connectivity index (χ2v) is 8.72. The first-order valence-corrected chi connectivity index (χ1v) is 10.5. The third kappa shape index (κ3) is 2.83. The van der Waals surface area contributed by atoms with Crippen LogP contribution in [0.3, 0.4) is 0 Å². The first kappa shape index (κ1) is 17.5. The van der Waals surface area contributed by atoms with Crippen LogP contribution >= 0.6 is 11.8 Å². The van der Waals surface area contributed by atoms with Crippen LogP contribution in [0.4, 0.5) is 5.69 Å². The lowest BCUT2D eigenvalue weighted by molar-refractivity contribution is 0.0977. The van der Waals surface area contributed by atoms with Gasteiger partial charge in [-0.25, -0.2) is 0 Å². The van der Waals surface area contributed by atoms with Crippen molar-refractivity contribution in [1.29, 1.82) is 0 Å². The van der Waals surface area contributed by atoms with Gasteiger partial charge in [0.15, 0.2) is 0 Å². The molecule has 0 radical (unpaired) electrons. The fourth-order valence-electron chi connectivity index (χ4n) is 3.71. The van der Waals surface area contributed by atoms with Crippen LogP contribution in [0.25, 0.3) is 11.4 Å². The molecule has 1 fully saturated rings. The minimum absolute atomic E-state index is 0.0384. The lowest BCUT2D eigenvalue weighted by Crippen LogP contribution is -2.36. The SMILES string of the molecule is CC(C)N1C(=O)c2ccccc2Sc2cc(-c3noc(C4CCC4)n3)ccc21. The summed E-state index contributed by atoms with van der Waals surface area (Å²) >= 11 is 1.62. The molecule has 2 aromatic carbocycles. The molecule has 5 rings (SSSR count). The van der Waals surface area contributed by atoms with Crippen molar-refractivity contribution in [3.63, 3.8) is 0 Å². The number of aromatic nitrogens is 2. The molecule has 6 heteroatoms. The van der Waals surface area contributed by atoms with Gasteiger partial charge in [0.25, 0.3) is 5.91 Å². The van der Waals surface area contributed by atoms with Crippen molar-refractivity contribution in [3.8, 4) is 11.4 Å². The van der Waals surface area contributed by atoms with Gasteiger partial charge in [0.1, 0.15) is 0 Å². The highest BCUT2D eigenvalue weighted by Crippen LogP contribution is 2.43. The van der Waals surface area contributed by atoms with Crippen molar-refractivity contribution in [2.75, 3.05) is 4.90 Å². The maximum absolute atomic E-state index is 13.2. The van der Waals surface area contributed by atoms with E-state index in [1.165, 1.54) is 6.42 Å². The molecule has 1 aromatic heterocycles. The Morgan fingerprint density at radius 1 is 1.14 bits per heavy atom. The van der Waals surface area contributed by atoms with E-state index in [0.717, 1.165) is 45.3 Å². The van der Waals surface area contributed by atoms with Crippen molar-refractivity contribution in [3.05, 3.63) is 53.9 Å². The summed E-state index contributed by atoms with van der Waals surface area (Å²) in [5.41, 5.74) is 2.58. The van der Waals surface area contributed by atoms with Crippen LogP contribution in [0, 0.1) is 0 Å². The molecule has 1 aliphatic carbocycles. The summed E-state index contributed by atoms with van der Waals surface area (Å²) < 4.78 is 5.49. The third-order valence-corrected chi connectivity index (χ3v) is 6.57. The fraction of sp³-hybridized carbons (Fsp3) is 0.318. The van der Waals surface area contributed by atoms with Crippen LogP contribution in [0.1, 0.15) is 55.3 Å². The third-order valence-electron chi connectivity index (χ3n) is 5.45. The molecule has 5 nitrogen and oxygen atoms in total. The van der Waals surface area contributed by atoms with Crippen LogP contribution in [-0.4, -0.2) is 22.1 Å². The quantitative estimate of drug-likeness (QED) is 0.588. The number of benzene rings is 2. The molecule has 0 unspecified atom stereocenters. The Morgan fingerprint density at radius 3 is 2.71 bits per heavy atom. The van der Waals surface area contributed by atoms with Gasteiger partial charge >= 0.3 is 0 Å². The Morgan fingerprint density at radius 2 is 1.96 bits per heavy atom. The summed E-state index contributed by atoms with van der Waals surface area (Å²) in [7, 11) is 0. The zero-order valence-corrected chi connectivity index (χ0v) is 16.7. The van der Waals surface area contributed by atoms with Crippen molar-refractivity contribution >= 4 is 23.4 Å². The largest absolute Gasteiger partial charge is 0.339 e. The maximum Gasteiger partial charge on any atom is 0.259 e. The maximum atomic E-state index is 13.2. The molecule has 0 N–H and O–H groups in total. The highest BCUT2D eigenvalue weighted by Gasteiger charge is 2.30. The Labute approximate surface area is 168 Å². The van der Waals surface area contributed by atoms with Gasteiger partial charge in [-0.2, -0.15) is 4.98 Å². The van der Waals surface area contributed by atoms with Crippen LogP contribution in [-0.2, 0) is 0 Å². The summed E-state index contributed by atoms with van der Waals surface area (Å²) in [4.78, 5) is 21.7. The van der Waals surface area contributed by atoms with Crippen molar-refractivity contribution in [1.82, 2.24) is 10.1 Å². The molecule has 28 heavy (non-hydrogen) atoms. The molecule has 0 bridgehead atoms. The summed E-state index contributed by atoms with van der Waals surface area (Å²) in [6.07, 6.45) is 3.49. The number of fused-ring (bicyclic) bond motifs is 2. The zero-order chi connectivity index (χ0) is 19.3. The van der Waals surface area contributed by atoms with E-state index in [2.05, 4.69) is 16.2 Å². The first-order chi connectivity index (χ1) is 13.6. The minimum Gasteiger partial charge on any atom is -0.339 e. The molecule has 2 aliphatic rings. The van der Waals surface area contributed by atoms with Gasteiger partial charge < -0.3 is 9.42 Å². The van der Waals surface area contributed by atoms with Gasteiger partial charge in [0.05, 0.1) is 11.3 Å². The van der Waals surface area contributed by atoms with Gasteiger partial charge in [-0.1, -0.05) is 35.5 Å². The number of nitrogens with zero attached hydrogens (tertiary/aromatic N) is 3. The molecule has 142 valence electrons. The smallest absolute Gasteiger partial charge is 0.259 e. The van der Waals surface area contributed by atoms with Crippen LogP contribution in [0.15, 0.2) is 56.8 Å². The van der Waals surface area contributed by atoms with E-state index in [1.54, 1.807) is 11.8 Å². The van der Waals surface area contributed by atoms with E-state index in [0.29, 0.717) is 11.7 Å². The topological polar surface area (TPSA) is 59.2 Å².